The van der Waals surface area contributed by atoms with Crippen LogP contribution in [0.3, 0.4) is 0 Å². The number of nitrogens with zero attached hydrogens (tertiary/aromatic N) is 3. The lowest BCUT2D eigenvalue weighted by Crippen LogP contribution is -2.45. The normalized spacial score (nSPS) is 19.5. The van der Waals surface area contributed by atoms with Crippen LogP contribution in [0.15, 0.2) is 6.07 Å². The van der Waals surface area contributed by atoms with Gasteiger partial charge in [-0.2, -0.15) is 0 Å². The highest BCUT2D eigenvalue weighted by Crippen LogP contribution is 2.22. The molecule has 1 atom stereocenters. The lowest BCUT2D eigenvalue weighted by molar-refractivity contribution is 0.0925. The van der Waals surface area contributed by atoms with Crippen molar-refractivity contribution in [1.29, 1.82) is 0 Å². The van der Waals surface area contributed by atoms with Crippen LogP contribution in [0.1, 0.15) is 33.0 Å². The van der Waals surface area contributed by atoms with Crippen LogP contribution in [0.4, 0.5) is 11.6 Å². The standard InChI is InChI=1S/C14H24N4O/c1-4-11-10-19-8-7-18(11)14-9-13(15-6-3)16-12(5-2)17-14/h9,11H,4-8,10H2,1-3H3,(H,15,16,17). The van der Waals surface area contributed by atoms with Gasteiger partial charge in [0.05, 0.1) is 19.3 Å². The van der Waals surface area contributed by atoms with Gasteiger partial charge < -0.3 is 15.0 Å². The molecule has 1 unspecified atom stereocenters. The number of aromatic nitrogens is 2. The predicted molar refractivity (Wildman–Crippen MR) is 77.8 cm³/mol. The topological polar surface area (TPSA) is 50.3 Å². The van der Waals surface area contributed by atoms with E-state index in [4.69, 9.17) is 4.74 Å². The summed E-state index contributed by atoms with van der Waals surface area (Å²) in [6, 6.07) is 2.47. The number of hydrogen-bond acceptors (Lipinski definition) is 5. The summed E-state index contributed by atoms with van der Waals surface area (Å²) in [5.41, 5.74) is 0. The fraction of sp³-hybridized carbons (Fsp3) is 0.714. The number of anilines is 2. The molecule has 5 nitrogen and oxygen atoms in total. The van der Waals surface area contributed by atoms with Crippen LogP contribution >= 0.6 is 0 Å². The average molecular weight is 264 g/mol. The number of nitrogens with one attached hydrogen (secondary N) is 1. The van der Waals surface area contributed by atoms with Crippen LogP contribution in [-0.2, 0) is 11.2 Å². The summed E-state index contributed by atoms with van der Waals surface area (Å²) >= 11 is 0. The molecule has 1 aromatic heterocycles. The molecule has 0 aliphatic carbocycles. The Morgan fingerprint density at radius 1 is 1.37 bits per heavy atom. The van der Waals surface area contributed by atoms with E-state index in [0.29, 0.717) is 6.04 Å². The number of morpholine rings is 1. The molecule has 0 amide bonds. The van der Waals surface area contributed by atoms with E-state index in [-0.39, 0.29) is 0 Å². The van der Waals surface area contributed by atoms with Gasteiger partial charge in [0.2, 0.25) is 0 Å². The predicted octanol–water partition coefficient (Wildman–Crippen LogP) is 2.09. The van der Waals surface area contributed by atoms with Gasteiger partial charge in [-0.05, 0) is 13.3 Å². The van der Waals surface area contributed by atoms with Crippen molar-refractivity contribution in [3.63, 3.8) is 0 Å². The van der Waals surface area contributed by atoms with Crippen molar-refractivity contribution < 1.29 is 4.74 Å². The molecule has 2 rings (SSSR count). The molecule has 1 saturated heterocycles. The van der Waals surface area contributed by atoms with Gasteiger partial charge >= 0.3 is 0 Å². The summed E-state index contributed by atoms with van der Waals surface area (Å²) in [6.07, 6.45) is 1.93. The first kappa shape index (κ1) is 14.1. The number of hydrogen-bond donors (Lipinski definition) is 1. The second kappa shape index (κ2) is 6.70. The van der Waals surface area contributed by atoms with Gasteiger partial charge in [-0.25, -0.2) is 9.97 Å². The molecule has 0 saturated carbocycles. The second-order valence-corrected chi connectivity index (χ2v) is 4.74. The zero-order chi connectivity index (χ0) is 13.7. The van der Waals surface area contributed by atoms with Gasteiger partial charge in [0.1, 0.15) is 17.5 Å². The Morgan fingerprint density at radius 3 is 2.89 bits per heavy atom. The first-order valence-electron chi connectivity index (χ1n) is 7.24. The zero-order valence-corrected chi connectivity index (χ0v) is 12.1. The SMILES string of the molecule is CCNc1cc(N2CCOCC2CC)nc(CC)n1. The monoisotopic (exact) mass is 264 g/mol. The van der Waals surface area contributed by atoms with Crippen LogP contribution in [0.5, 0.6) is 0 Å². The Bertz CT molecular complexity index is 410. The van der Waals surface area contributed by atoms with Crippen molar-refractivity contribution in [3.8, 4) is 0 Å². The Balaban J connectivity index is 2.28. The van der Waals surface area contributed by atoms with Crippen molar-refractivity contribution in [3.05, 3.63) is 11.9 Å². The highest BCUT2D eigenvalue weighted by atomic mass is 16.5. The van der Waals surface area contributed by atoms with Crippen molar-refractivity contribution >= 4 is 11.6 Å². The second-order valence-electron chi connectivity index (χ2n) is 4.74. The third-order valence-electron chi connectivity index (χ3n) is 3.43. The fourth-order valence-electron chi connectivity index (χ4n) is 2.35. The minimum Gasteiger partial charge on any atom is -0.377 e. The molecule has 5 heteroatoms. The molecular formula is C14H24N4O. The lowest BCUT2D eigenvalue weighted by atomic mass is 10.2. The molecule has 2 heterocycles. The fourth-order valence-corrected chi connectivity index (χ4v) is 2.35. The maximum Gasteiger partial charge on any atom is 0.134 e. The van der Waals surface area contributed by atoms with E-state index in [1.165, 1.54) is 0 Å². The number of aryl methyl sites for hydroxylation is 1. The van der Waals surface area contributed by atoms with E-state index < -0.39 is 0 Å². The van der Waals surface area contributed by atoms with Gasteiger partial charge in [0.25, 0.3) is 0 Å². The molecule has 1 aromatic rings. The molecule has 1 aliphatic rings. The molecule has 0 spiro atoms. The Labute approximate surface area is 115 Å². The van der Waals surface area contributed by atoms with Crippen molar-refractivity contribution in [2.45, 2.75) is 39.7 Å². The van der Waals surface area contributed by atoms with Gasteiger partial charge in [-0.1, -0.05) is 13.8 Å². The van der Waals surface area contributed by atoms with Crippen molar-refractivity contribution in [2.75, 3.05) is 36.5 Å². The Hall–Kier alpha value is -1.36. The summed E-state index contributed by atoms with van der Waals surface area (Å²) in [5.74, 6) is 2.85. The molecule has 0 aromatic carbocycles. The molecule has 19 heavy (non-hydrogen) atoms. The minimum atomic E-state index is 0.419. The zero-order valence-electron chi connectivity index (χ0n) is 12.1. The molecular weight excluding hydrogens is 240 g/mol. The minimum absolute atomic E-state index is 0.419. The summed E-state index contributed by atoms with van der Waals surface area (Å²) in [7, 11) is 0. The van der Waals surface area contributed by atoms with E-state index in [2.05, 4.69) is 47.0 Å². The first-order valence-corrected chi connectivity index (χ1v) is 7.24. The first-order chi connectivity index (χ1) is 9.28. The van der Waals surface area contributed by atoms with Crippen LogP contribution in [-0.4, -0.2) is 42.3 Å². The van der Waals surface area contributed by atoms with Crippen molar-refractivity contribution in [1.82, 2.24) is 9.97 Å². The van der Waals surface area contributed by atoms with Crippen molar-refractivity contribution in [2.24, 2.45) is 0 Å². The van der Waals surface area contributed by atoms with Crippen LogP contribution in [0.25, 0.3) is 0 Å². The molecule has 1 N–H and O–H groups in total. The molecule has 1 aliphatic heterocycles. The van der Waals surface area contributed by atoms with E-state index in [1.54, 1.807) is 0 Å². The van der Waals surface area contributed by atoms with Crippen LogP contribution < -0.4 is 10.2 Å². The molecule has 0 bridgehead atoms. The summed E-state index contributed by atoms with van der Waals surface area (Å²) in [6.45, 7) is 9.71. The maximum atomic E-state index is 5.56. The van der Waals surface area contributed by atoms with E-state index in [0.717, 1.165) is 56.6 Å². The molecule has 1 fully saturated rings. The third-order valence-corrected chi connectivity index (χ3v) is 3.43. The molecule has 0 radical (unpaired) electrons. The smallest absolute Gasteiger partial charge is 0.134 e. The van der Waals surface area contributed by atoms with E-state index in [1.807, 2.05) is 0 Å². The van der Waals surface area contributed by atoms with Gasteiger partial charge in [-0.15, -0.1) is 0 Å². The van der Waals surface area contributed by atoms with Gasteiger partial charge in [-0.3, -0.25) is 0 Å². The highest BCUT2D eigenvalue weighted by Gasteiger charge is 2.23. The molecule has 106 valence electrons. The summed E-state index contributed by atoms with van der Waals surface area (Å²) < 4.78 is 5.56. The Morgan fingerprint density at radius 2 is 2.21 bits per heavy atom. The maximum absolute atomic E-state index is 5.56. The summed E-state index contributed by atoms with van der Waals surface area (Å²) in [5, 5.41) is 3.29. The van der Waals surface area contributed by atoms with E-state index in [9.17, 15) is 0 Å². The van der Waals surface area contributed by atoms with Crippen LogP contribution in [0, 0.1) is 0 Å². The van der Waals surface area contributed by atoms with Gasteiger partial charge in [0, 0.05) is 25.6 Å². The third kappa shape index (κ3) is 3.35. The highest BCUT2D eigenvalue weighted by molar-refractivity contribution is 5.50. The van der Waals surface area contributed by atoms with E-state index >= 15 is 0 Å². The average Bonchev–Trinajstić information content (AvgIpc) is 2.47. The van der Waals surface area contributed by atoms with Crippen LogP contribution in [0.2, 0.25) is 0 Å². The largest absolute Gasteiger partial charge is 0.377 e. The Kier molecular flexibility index (Phi) is 4.96. The quantitative estimate of drug-likeness (QED) is 0.882. The number of rotatable bonds is 5. The number of ether oxygens (including phenoxy) is 1. The summed E-state index contributed by atoms with van der Waals surface area (Å²) in [4.78, 5) is 11.5. The van der Waals surface area contributed by atoms with Gasteiger partial charge in [0.15, 0.2) is 0 Å². The lowest BCUT2D eigenvalue weighted by Gasteiger charge is -2.36.